The zero-order valence-electron chi connectivity index (χ0n) is 9.19. The zero-order chi connectivity index (χ0) is 12.1. The van der Waals surface area contributed by atoms with Crippen molar-refractivity contribution >= 4 is 17.5 Å². The number of hydrogen-bond donors (Lipinski definition) is 1. The predicted molar refractivity (Wildman–Crippen MR) is 62.1 cm³/mol. The number of pyridine rings is 1. The Hall–Kier alpha value is -1.17. The number of ether oxygens (including phenoxy) is 2. The van der Waals surface area contributed by atoms with Crippen molar-refractivity contribution in [3.63, 3.8) is 0 Å². The minimum absolute atomic E-state index is 0.0787. The Bertz CT molecular complexity index is 394. The lowest BCUT2D eigenvalue weighted by molar-refractivity contribution is -0.0855. The third-order valence-corrected chi connectivity index (χ3v) is 2.57. The second-order valence-corrected chi connectivity index (χ2v) is 4.03. The van der Waals surface area contributed by atoms with E-state index in [4.69, 9.17) is 21.1 Å². The molecule has 1 aliphatic heterocycles. The molecule has 2 rings (SSSR count). The maximum Gasteiger partial charge on any atom is 0.251 e. The normalized spacial score (nSPS) is 19.9. The van der Waals surface area contributed by atoms with Crippen LogP contribution in [0.25, 0.3) is 0 Å². The number of nitrogens with zero attached hydrogens (tertiary/aromatic N) is 1. The van der Waals surface area contributed by atoms with E-state index in [0.717, 1.165) is 0 Å². The van der Waals surface area contributed by atoms with Crippen LogP contribution in [0.3, 0.4) is 0 Å². The molecule has 0 aromatic carbocycles. The maximum atomic E-state index is 11.7. The van der Waals surface area contributed by atoms with E-state index >= 15 is 0 Å². The Labute approximate surface area is 104 Å². The highest BCUT2D eigenvalue weighted by Gasteiger charge is 2.15. The molecule has 6 heteroatoms. The van der Waals surface area contributed by atoms with E-state index in [9.17, 15) is 4.79 Å². The molecule has 1 aromatic heterocycles. The molecule has 2 heterocycles. The van der Waals surface area contributed by atoms with Crippen molar-refractivity contribution < 1.29 is 14.3 Å². The van der Waals surface area contributed by atoms with Crippen molar-refractivity contribution in [2.24, 2.45) is 0 Å². The monoisotopic (exact) mass is 256 g/mol. The molecule has 1 fully saturated rings. The Balaban J connectivity index is 1.84. The summed E-state index contributed by atoms with van der Waals surface area (Å²) in [6, 6.07) is 3.13. The summed E-state index contributed by atoms with van der Waals surface area (Å²) in [5.41, 5.74) is 0.488. The first-order valence-corrected chi connectivity index (χ1v) is 5.72. The van der Waals surface area contributed by atoms with E-state index in [2.05, 4.69) is 10.3 Å². The molecule has 1 aliphatic rings. The van der Waals surface area contributed by atoms with Crippen LogP contribution in [0.15, 0.2) is 18.3 Å². The topological polar surface area (TPSA) is 60.5 Å². The van der Waals surface area contributed by atoms with Crippen LogP contribution in [0.5, 0.6) is 0 Å². The second kappa shape index (κ2) is 5.95. The summed E-state index contributed by atoms with van der Waals surface area (Å²) in [5.74, 6) is -0.191. The second-order valence-electron chi connectivity index (χ2n) is 3.64. The average Bonchev–Trinajstić information content (AvgIpc) is 2.37. The molecule has 1 atom stereocenters. The molecule has 0 aliphatic carbocycles. The van der Waals surface area contributed by atoms with Crippen LogP contribution in [0, 0.1) is 0 Å². The third-order valence-electron chi connectivity index (χ3n) is 2.36. The van der Waals surface area contributed by atoms with Crippen LogP contribution in [-0.4, -0.2) is 43.4 Å². The Morgan fingerprint density at radius 1 is 1.59 bits per heavy atom. The lowest BCUT2D eigenvalue weighted by atomic mass is 10.2. The molecule has 17 heavy (non-hydrogen) atoms. The van der Waals surface area contributed by atoms with E-state index in [1.54, 1.807) is 6.07 Å². The number of nitrogens with one attached hydrogen (secondary N) is 1. The largest absolute Gasteiger partial charge is 0.376 e. The van der Waals surface area contributed by atoms with Crippen LogP contribution in [0.1, 0.15) is 10.4 Å². The van der Waals surface area contributed by atoms with Crippen LogP contribution in [-0.2, 0) is 9.47 Å². The van der Waals surface area contributed by atoms with Gasteiger partial charge in [-0.25, -0.2) is 4.98 Å². The molecule has 1 saturated heterocycles. The summed E-state index contributed by atoms with van der Waals surface area (Å²) in [5, 5.41) is 3.07. The van der Waals surface area contributed by atoms with Crippen molar-refractivity contribution in [2.75, 3.05) is 26.4 Å². The fraction of sp³-hybridized carbons (Fsp3) is 0.455. The van der Waals surface area contributed by atoms with Crippen LogP contribution < -0.4 is 5.32 Å². The first-order chi connectivity index (χ1) is 8.25. The maximum absolute atomic E-state index is 11.7. The summed E-state index contributed by atoms with van der Waals surface area (Å²) in [6.45, 7) is 2.13. The molecule has 0 radical (unpaired) electrons. The van der Waals surface area contributed by atoms with Crippen LogP contribution in [0.4, 0.5) is 0 Å². The molecule has 0 spiro atoms. The minimum atomic E-state index is -0.191. The third kappa shape index (κ3) is 3.66. The fourth-order valence-electron chi connectivity index (χ4n) is 1.51. The van der Waals surface area contributed by atoms with E-state index < -0.39 is 0 Å². The molecule has 0 saturated carbocycles. The van der Waals surface area contributed by atoms with Crippen molar-refractivity contribution in [2.45, 2.75) is 6.10 Å². The average molecular weight is 257 g/mol. The lowest BCUT2D eigenvalue weighted by Crippen LogP contribution is -2.39. The molecular formula is C11H13ClN2O3. The van der Waals surface area contributed by atoms with E-state index in [1.165, 1.54) is 12.3 Å². The summed E-state index contributed by atoms with van der Waals surface area (Å²) in [7, 11) is 0. The molecule has 92 valence electrons. The lowest BCUT2D eigenvalue weighted by Gasteiger charge is -2.23. The first-order valence-electron chi connectivity index (χ1n) is 5.35. The molecule has 1 N–H and O–H groups in total. The number of aromatic nitrogens is 1. The molecule has 1 unspecified atom stereocenters. The number of carbonyl (C=O) groups is 1. The summed E-state index contributed by atoms with van der Waals surface area (Å²) in [6.07, 6.45) is 1.42. The highest BCUT2D eigenvalue weighted by atomic mass is 35.5. The van der Waals surface area contributed by atoms with Gasteiger partial charge >= 0.3 is 0 Å². The highest BCUT2D eigenvalue weighted by Crippen LogP contribution is 2.07. The van der Waals surface area contributed by atoms with Gasteiger partial charge < -0.3 is 14.8 Å². The van der Waals surface area contributed by atoms with Gasteiger partial charge in [-0.2, -0.15) is 0 Å². The van der Waals surface area contributed by atoms with Gasteiger partial charge in [0.05, 0.1) is 25.9 Å². The van der Waals surface area contributed by atoms with Gasteiger partial charge in [-0.15, -0.1) is 0 Å². The molecule has 0 bridgehead atoms. The van der Waals surface area contributed by atoms with Crippen molar-refractivity contribution in [1.29, 1.82) is 0 Å². The summed E-state index contributed by atoms with van der Waals surface area (Å²) in [4.78, 5) is 15.6. The Morgan fingerprint density at radius 3 is 3.18 bits per heavy atom. The predicted octanol–water partition coefficient (Wildman–Crippen LogP) is 0.880. The van der Waals surface area contributed by atoms with Crippen LogP contribution in [0.2, 0.25) is 5.15 Å². The van der Waals surface area contributed by atoms with Gasteiger partial charge in [0.25, 0.3) is 5.91 Å². The number of amides is 1. The summed E-state index contributed by atoms with van der Waals surface area (Å²) >= 11 is 5.70. The SMILES string of the molecule is O=C(NCC1COCCO1)c1ccnc(Cl)c1. The highest BCUT2D eigenvalue weighted by molar-refractivity contribution is 6.29. The quantitative estimate of drug-likeness (QED) is 0.816. The van der Waals surface area contributed by atoms with Gasteiger partial charge in [0.15, 0.2) is 0 Å². The molecular weight excluding hydrogens is 244 g/mol. The van der Waals surface area contributed by atoms with Gasteiger partial charge in [0.2, 0.25) is 0 Å². The van der Waals surface area contributed by atoms with Gasteiger partial charge in [0.1, 0.15) is 5.15 Å². The van der Waals surface area contributed by atoms with Crippen molar-refractivity contribution in [3.05, 3.63) is 29.0 Å². The standard InChI is InChI=1S/C11H13ClN2O3/c12-10-5-8(1-2-13-10)11(15)14-6-9-7-16-3-4-17-9/h1-2,5,9H,3-4,6-7H2,(H,14,15). The zero-order valence-corrected chi connectivity index (χ0v) is 9.94. The van der Waals surface area contributed by atoms with E-state index in [-0.39, 0.29) is 12.0 Å². The number of halogens is 1. The molecule has 1 aromatic rings. The van der Waals surface area contributed by atoms with Gasteiger partial charge in [-0.1, -0.05) is 11.6 Å². The summed E-state index contributed by atoms with van der Waals surface area (Å²) < 4.78 is 10.6. The smallest absolute Gasteiger partial charge is 0.251 e. The number of carbonyl (C=O) groups excluding carboxylic acids is 1. The number of rotatable bonds is 3. The van der Waals surface area contributed by atoms with Gasteiger partial charge in [-0.05, 0) is 12.1 Å². The van der Waals surface area contributed by atoms with Crippen molar-refractivity contribution in [3.8, 4) is 0 Å². The fourth-order valence-corrected chi connectivity index (χ4v) is 1.68. The first kappa shape index (κ1) is 12.3. The van der Waals surface area contributed by atoms with E-state index in [1.807, 2.05) is 0 Å². The van der Waals surface area contributed by atoms with Gasteiger partial charge in [0, 0.05) is 18.3 Å². The minimum Gasteiger partial charge on any atom is -0.376 e. The molecule has 1 amide bonds. The van der Waals surface area contributed by atoms with Crippen LogP contribution >= 0.6 is 11.6 Å². The Kier molecular flexibility index (Phi) is 4.30. The Morgan fingerprint density at radius 2 is 2.47 bits per heavy atom. The van der Waals surface area contributed by atoms with E-state index in [0.29, 0.717) is 37.1 Å². The number of hydrogen-bond acceptors (Lipinski definition) is 4. The van der Waals surface area contributed by atoms with Crippen molar-refractivity contribution in [1.82, 2.24) is 10.3 Å². The van der Waals surface area contributed by atoms with Gasteiger partial charge in [-0.3, -0.25) is 4.79 Å². The molecule has 5 nitrogen and oxygen atoms in total.